The summed E-state index contributed by atoms with van der Waals surface area (Å²) >= 11 is 4.42. The van der Waals surface area contributed by atoms with Gasteiger partial charge in [0.2, 0.25) is 5.91 Å². The number of hydrogen-bond donors (Lipinski definition) is 2. The molecule has 1 aliphatic rings. The molecule has 0 aromatic carbocycles. The Bertz CT molecular complexity index is 406. The minimum atomic E-state index is -0.404. The van der Waals surface area contributed by atoms with Gasteiger partial charge in [0, 0.05) is 6.54 Å². The third kappa shape index (κ3) is 2.35. The predicted octanol–water partition coefficient (Wildman–Crippen LogP) is 0.524. The van der Waals surface area contributed by atoms with Crippen LogP contribution in [0.3, 0.4) is 0 Å². The summed E-state index contributed by atoms with van der Waals surface area (Å²) in [6, 6.07) is -0.404. The Morgan fingerprint density at radius 1 is 1.73 bits per heavy atom. The van der Waals surface area contributed by atoms with Crippen LogP contribution in [0, 0.1) is 0 Å². The van der Waals surface area contributed by atoms with Crippen molar-refractivity contribution in [2.24, 2.45) is 0 Å². The molecule has 2 amide bonds. The summed E-state index contributed by atoms with van der Waals surface area (Å²) in [6.45, 7) is 0.621. The number of carbonyl (C=O) groups is 2. The van der Waals surface area contributed by atoms with Crippen molar-refractivity contribution >= 4 is 39.1 Å². The summed E-state index contributed by atoms with van der Waals surface area (Å²) < 4.78 is 0.656. The van der Waals surface area contributed by atoms with Crippen molar-refractivity contribution in [3.05, 3.63) is 15.0 Å². The fourth-order valence-electron chi connectivity index (χ4n) is 1.32. The smallest absolute Gasteiger partial charge is 0.263 e. The van der Waals surface area contributed by atoms with Gasteiger partial charge in [0.05, 0.1) is 6.20 Å². The van der Waals surface area contributed by atoms with E-state index in [0.717, 1.165) is 0 Å². The lowest BCUT2D eigenvalue weighted by Crippen LogP contribution is -2.39. The molecule has 0 spiro atoms. The van der Waals surface area contributed by atoms with Crippen LogP contribution >= 0.6 is 27.3 Å². The molecule has 0 bridgehead atoms. The molecule has 0 aliphatic carbocycles. The van der Waals surface area contributed by atoms with Crippen LogP contribution in [-0.4, -0.2) is 29.4 Å². The first-order chi connectivity index (χ1) is 7.16. The Morgan fingerprint density at radius 2 is 2.53 bits per heavy atom. The van der Waals surface area contributed by atoms with Crippen molar-refractivity contribution < 1.29 is 9.59 Å². The maximum atomic E-state index is 11.6. The molecule has 2 heterocycles. The second kappa shape index (κ2) is 4.28. The van der Waals surface area contributed by atoms with E-state index in [4.69, 9.17) is 0 Å². The summed E-state index contributed by atoms with van der Waals surface area (Å²) in [6.07, 6.45) is 2.13. The van der Waals surface area contributed by atoms with Crippen molar-refractivity contribution in [3.63, 3.8) is 0 Å². The fourth-order valence-corrected chi connectivity index (χ4v) is 2.49. The highest BCUT2D eigenvalue weighted by molar-refractivity contribution is 9.11. The van der Waals surface area contributed by atoms with Crippen molar-refractivity contribution in [1.82, 2.24) is 15.6 Å². The van der Waals surface area contributed by atoms with E-state index in [-0.39, 0.29) is 11.8 Å². The number of amides is 2. The maximum Gasteiger partial charge on any atom is 0.263 e. The Balaban J connectivity index is 2.00. The number of rotatable bonds is 2. The molecule has 1 atom stereocenters. The van der Waals surface area contributed by atoms with E-state index in [9.17, 15) is 9.59 Å². The van der Waals surface area contributed by atoms with Gasteiger partial charge in [-0.05, 0) is 22.4 Å². The molecule has 7 heteroatoms. The normalized spacial score (nSPS) is 20.1. The fraction of sp³-hybridized carbons (Fsp3) is 0.375. The number of nitrogens with one attached hydrogen (secondary N) is 2. The van der Waals surface area contributed by atoms with Crippen LogP contribution in [0.5, 0.6) is 0 Å². The summed E-state index contributed by atoms with van der Waals surface area (Å²) in [5, 5.41) is 5.31. The van der Waals surface area contributed by atoms with Gasteiger partial charge in [-0.25, -0.2) is 4.98 Å². The Kier molecular flexibility index (Phi) is 3.01. The molecule has 15 heavy (non-hydrogen) atoms. The van der Waals surface area contributed by atoms with Gasteiger partial charge in [0.1, 0.15) is 10.9 Å². The van der Waals surface area contributed by atoms with Crippen LogP contribution in [0.4, 0.5) is 0 Å². The van der Waals surface area contributed by atoms with Crippen molar-refractivity contribution in [3.8, 4) is 0 Å². The lowest BCUT2D eigenvalue weighted by Gasteiger charge is -2.07. The molecular formula is C8H8BrN3O2S. The molecule has 0 radical (unpaired) electrons. The molecule has 1 aromatic rings. The van der Waals surface area contributed by atoms with E-state index in [1.165, 1.54) is 17.5 Å². The molecule has 0 unspecified atom stereocenters. The highest BCUT2D eigenvalue weighted by atomic mass is 79.9. The number of aromatic nitrogens is 1. The molecule has 1 saturated heterocycles. The standard InChI is InChI=1S/C8H8BrN3O2S/c9-8-11-3-5(15-8)7(14)12-4-1-2-10-6(4)13/h3-4H,1-2H2,(H,10,13)(H,12,14)/t4-/m0/s1. The summed E-state index contributed by atoms with van der Waals surface area (Å²) in [4.78, 5) is 27.2. The van der Waals surface area contributed by atoms with Gasteiger partial charge < -0.3 is 10.6 Å². The summed E-state index contributed by atoms with van der Waals surface area (Å²) in [7, 11) is 0. The predicted molar refractivity (Wildman–Crippen MR) is 58.7 cm³/mol. The van der Waals surface area contributed by atoms with Crippen LogP contribution < -0.4 is 10.6 Å². The molecule has 5 nitrogen and oxygen atoms in total. The summed E-state index contributed by atoms with van der Waals surface area (Å²) in [5.41, 5.74) is 0. The van der Waals surface area contributed by atoms with Crippen LogP contribution in [0.2, 0.25) is 0 Å². The maximum absolute atomic E-state index is 11.6. The first kappa shape index (κ1) is 10.6. The van der Waals surface area contributed by atoms with Gasteiger partial charge in [-0.2, -0.15) is 0 Å². The van der Waals surface area contributed by atoms with E-state index in [1.54, 1.807) is 0 Å². The van der Waals surface area contributed by atoms with Crippen LogP contribution in [-0.2, 0) is 4.79 Å². The number of nitrogens with zero attached hydrogens (tertiary/aromatic N) is 1. The largest absolute Gasteiger partial charge is 0.354 e. The van der Waals surface area contributed by atoms with Crippen LogP contribution in [0.25, 0.3) is 0 Å². The minimum Gasteiger partial charge on any atom is -0.354 e. The van der Waals surface area contributed by atoms with Gasteiger partial charge >= 0.3 is 0 Å². The average Bonchev–Trinajstić information content (AvgIpc) is 2.77. The number of thiazole rings is 1. The van der Waals surface area contributed by atoms with Crippen LogP contribution in [0.15, 0.2) is 10.1 Å². The highest BCUT2D eigenvalue weighted by Crippen LogP contribution is 2.18. The molecular weight excluding hydrogens is 282 g/mol. The van der Waals surface area contributed by atoms with Gasteiger partial charge in [0.25, 0.3) is 5.91 Å². The molecule has 1 aromatic heterocycles. The zero-order chi connectivity index (χ0) is 10.8. The average molecular weight is 290 g/mol. The molecule has 80 valence electrons. The Labute approximate surface area is 98.4 Å². The van der Waals surface area contributed by atoms with E-state index in [0.29, 0.717) is 21.8 Å². The first-order valence-electron chi connectivity index (χ1n) is 4.37. The van der Waals surface area contributed by atoms with E-state index < -0.39 is 6.04 Å². The highest BCUT2D eigenvalue weighted by Gasteiger charge is 2.26. The van der Waals surface area contributed by atoms with Crippen molar-refractivity contribution in [1.29, 1.82) is 0 Å². The molecule has 2 rings (SSSR count). The van der Waals surface area contributed by atoms with Crippen molar-refractivity contribution in [2.75, 3.05) is 6.54 Å². The van der Waals surface area contributed by atoms with Crippen LogP contribution in [0.1, 0.15) is 16.1 Å². The van der Waals surface area contributed by atoms with Gasteiger partial charge in [-0.1, -0.05) is 0 Å². The second-order valence-electron chi connectivity index (χ2n) is 3.08. The third-order valence-electron chi connectivity index (χ3n) is 2.06. The Morgan fingerprint density at radius 3 is 3.07 bits per heavy atom. The van der Waals surface area contributed by atoms with E-state index >= 15 is 0 Å². The second-order valence-corrected chi connectivity index (χ2v) is 5.39. The quantitative estimate of drug-likeness (QED) is 0.834. The minimum absolute atomic E-state index is 0.119. The monoisotopic (exact) mass is 289 g/mol. The molecule has 2 N–H and O–H groups in total. The number of carbonyl (C=O) groups excluding carboxylic acids is 2. The SMILES string of the molecule is O=C(N[C@H]1CCNC1=O)c1cnc(Br)s1. The van der Waals surface area contributed by atoms with E-state index in [1.807, 2.05) is 0 Å². The van der Waals surface area contributed by atoms with Gasteiger partial charge in [-0.3, -0.25) is 9.59 Å². The first-order valence-corrected chi connectivity index (χ1v) is 5.97. The lowest BCUT2D eigenvalue weighted by atomic mass is 10.2. The number of halogens is 1. The van der Waals surface area contributed by atoms with Crippen molar-refractivity contribution in [2.45, 2.75) is 12.5 Å². The Hall–Kier alpha value is -0.950. The molecule has 0 saturated carbocycles. The van der Waals surface area contributed by atoms with Gasteiger partial charge in [-0.15, -0.1) is 11.3 Å². The molecule has 1 fully saturated rings. The lowest BCUT2D eigenvalue weighted by molar-refractivity contribution is -0.120. The topological polar surface area (TPSA) is 71.1 Å². The van der Waals surface area contributed by atoms with Gasteiger partial charge in [0.15, 0.2) is 3.92 Å². The zero-order valence-electron chi connectivity index (χ0n) is 7.62. The third-order valence-corrected chi connectivity index (χ3v) is 3.53. The molecule has 1 aliphatic heterocycles. The number of hydrogen-bond acceptors (Lipinski definition) is 4. The summed E-state index contributed by atoms with van der Waals surface area (Å²) in [5.74, 6) is -0.368. The van der Waals surface area contributed by atoms with E-state index in [2.05, 4.69) is 31.5 Å². The zero-order valence-corrected chi connectivity index (χ0v) is 10.0.